The van der Waals surface area contributed by atoms with Crippen molar-refractivity contribution in [3.05, 3.63) is 137 Å². The highest BCUT2D eigenvalue weighted by atomic mass is 16.6. The van der Waals surface area contributed by atoms with Crippen LogP contribution in [0, 0.1) is 0 Å². The lowest BCUT2D eigenvalue weighted by atomic mass is 9.76. The molecule has 0 radical (unpaired) electrons. The van der Waals surface area contributed by atoms with Gasteiger partial charge in [-0.15, -0.1) is 0 Å². The number of hydrogen-bond acceptors (Lipinski definition) is 8. The van der Waals surface area contributed by atoms with E-state index in [-0.39, 0.29) is 17.6 Å². The molecule has 8 rings (SSSR count). The second-order valence-corrected chi connectivity index (χ2v) is 16.0. The van der Waals surface area contributed by atoms with Gasteiger partial charge in [-0.05, 0) is 91.1 Å². The minimum atomic E-state index is -1.01. The van der Waals surface area contributed by atoms with Crippen molar-refractivity contribution in [1.82, 2.24) is 0 Å². The van der Waals surface area contributed by atoms with Crippen molar-refractivity contribution in [2.75, 3.05) is 31.7 Å². The number of carbonyl (C=O) groups excluding carboxylic acids is 2. The van der Waals surface area contributed by atoms with Crippen LogP contribution < -0.4 is 24.8 Å². The quantitative estimate of drug-likeness (QED) is 0.104. The van der Waals surface area contributed by atoms with Crippen LogP contribution in [-0.2, 0) is 25.3 Å². The molecule has 1 fully saturated rings. The Morgan fingerprint density at radius 1 is 0.897 bits per heavy atom. The largest absolute Gasteiger partial charge is 0.495 e. The first-order chi connectivity index (χ1) is 27.9. The van der Waals surface area contributed by atoms with Crippen LogP contribution in [-0.4, -0.2) is 51.1 Å². The number of carbonyl (C=O) groups is 2. The maximum atomic E-state index is 12.2. The molecule has 2 N–H and O–H groups in total. The van der Waals surface area contributed by atoms with Crippen molar-refractivity contribution in [3.8, 4) is 28.4 Å². The number of piperidine rings is 1. The summed E-state index contributed by atoms with van der Waals surface area (Å²) in [6, 6.07) is 31.2. The summed E-state index contributed by atoms with van der Waals surface area (Å²) in [5.74, 6) is 1.54. The van der Waals surface area contributed by atoms with Gasteiger partial charge in [-0.3, -0.25) is 0 Å². The summed E-state index contributed by atoms with van der Waals surface area (Å²) in [5, 5.41) is 2.13. The molecule has 0 aromatic heterocycles. The van der Waals surface area contributed by atoms with Crippen LogP contribution >= 0.6 is 0 Å². The van der Waals surface area contributed by atoms with Crippen molar-refractivity contribution < 1.29 is 33.3 Å². The van der Waals surface area contributed by atoms with Crippen LogP contribution in [0.1, 0.15) is 74.8 Å². The Labute approximate surface area is 340 Å². The monoisotopic (exact) mass is 778 g/mol. The number of anilines is 1. The van der Waals surface area contributed by atoms with E-state index in [4.69, 9.17) is 29.4 Å². The van der Waals surface area contributed by atoms with E-state index < -0.39 is 29.9 Å². The van der Waals surface area contributed by atoms with Gasteiger partial charge in [0.15, 0.2) is 11.7 Å². The number of ether oxygens (including phenoxy) is 5. The molecule has 5 aromatic rings. The maximum absolute atomic E-state index is 12.2. The van der Waals surface area contributed by atoms with Crippen molar-refractivity contribution >= 4 is 34.6 Å². The fourth-order valence-electron chi connectivity index (χ4n) is 8.91. The highest BCUT2D eigenvalue weighted by Crippen LogP contribution is 2.59. The van der Waals surface area contributed by atoms with E-state index in [9.17, 15) is 9.59 Å². The smallest absolute Gasteiger partial charge is 0.405 e. The molecule has 1 aliphatic carbocycles. The molecule has 9 heteroatoms. The molecule has 2 heterocycles. The molecular weight excluding hydrogens is 729 g/mol. The second-order valence-electron chi connectivity index (χ2n) is 16.0. The van der Waals surface area contributed by atoms with Gasteiger partial charge in [-0.25, -0.2) is 9.59 Å². The first kappa shape index (κ1) is 38.6. The predicted molar refractivity (Wildman–Crippen MR) is 228 cm³/mol. The molecular formula is C49H50N2O7. The zero-order chi connectivity index (χ0) is 40.8. The number of primary amides is 1. The van der Waals surface area contributed by atoms with E-state index in [1.165, 1.54) is 28.7 Å². The number of nitrogens with zero attached hydrogens (tertiary/aromatic N) is 1. The molecule has 1 saturated heterocycles. The summed E-state index contributed by atoms with van der Waals surface area (Å²) in [7, 11) is 1.75. The topological polar surface area (TPSA) is 110 Å². The standard InChI is InChI=1S/C49H50N2O7/c1-30(2)46(52)56-31(3)42(57-47(50)53)29-55-34-21-19-33(20-22-34)49(32-15-9-7-10-16-32)24-23-36-44-43(35-17-11-12-18-39(35)48(44,4)5)37-27-40(51-25-13-8-14-26-51)41(54-6)28-38(37)45(36)58-49/h7,9-12,15-24,27-28,31,42H,1,8,13-14,25-26,29H2,2-6H3,(H2,50,53). The minimum Gasteiger partial charge on any atom is -0.495 e. The molecule has 0 saturated carbocycles. The van der Waals surface area contributed by atoms with Gasteiger partial charge in [0.25, 0.3) is 0 Å². The van der Waals surface area contributed by atoms with Gasteiger partial charge in [-0.2, -0.15) is 0 Å². The SMILES string of the molecule is C=C(C)C(=O)OC(C)C(COc1ccc(C2(c3ccccc3)C=Cc3c4c(c5cc(N6CCCCC6)c(OC)cc5c3O2)-c2ccccc2C4(C)C)cc1)OC(N)=O. The van der Waals surface area contributed by atoms with E-state index in [0.717, 1.165) is 70.6 Å². The summed E-state index contributed by atoms with van der Waals surface area (Å²) in [6.45, 7) is 13.3. The summed E-state index contributed by atoms with van der Waals surface area (Å²) in [5.41, 5.74) is 13.3. The molecule has 3 aliphatic rings. The fraction of sp³-hybridized carbons (Fsp3) is 0.306. The van der Waals surface area contributed by atoms with Crippen LogP contribution in [0.5, 0.6) is 17.2 Å². The van der Waals surface area contributed by atoms with Crippen molar-refractivity contribution in [1.29, 1.82) is 0 Å². The Balaban J connectivity index is 1.23. The second kappa shape index (κ2) is 15.3. The van der Waals surface area contributed by atoms with Crippen LogP contribution in [0.15, 0.2) is 109 Å². The lowest BCUT2D eigenvalue weighted by molar-refractivity contribution is -0.149. The first-order valence-corrected chi connectivity index (χ1v) is 20.0. The molecule has 0 spiro atoms. The number of nitrogens with two attached hydrogens (primary N) is 1. The number of esters is 1. The fourth-order valence-corrected chi connectivity index (χ4v) is 8.91. The molecule has 5 aromatic carbocycles. The van der Waals surface area contributed by atoms with E-state index in [1.54, 1.807) is 21.0 Å². The number of methoxy groups -OCH3 is 1. The molecule has 3 atom stereocenters. The zero-order valence-electron chi connectivity index (χ0n) is 33.8. The first-order valence-electron chi connectivity index (χ1n) is 20.0. The summed E-state index contributed by atoms with van der Waals surface area (Å²) < 4.78 is 30.5. The maximum Gasteiger partial charge on any atom is 0.405 e. The van der Waals surface area contributed by atoms with E-state index in [1.807, 2.05) is 42.5 Å². The third-order valence-electron chi connectivity index (χ3n) is 11.9. The predicted octanol–water partition coefficient (Wildman–Crippen LogP) is 9.84. The molecule has 2 aliphatic heterocycles. The Bertz CT molecular complexity index is 2430. The van der Waals surface area contributed by atoms with Gasteiger partial charge < -0.3 is 34.3 Å². The number of fused-ring (bicyclic) bond motifs is 8. The average Bonchev–Trinajstić information content (AvgIpc) is 3.48. The molecule has 1 amide bonds. The van der Waals surface area contributed by atoms with Gasteiger partial charge in [0, 0.05) is 46.2 Å². The highest BCUT2D eigenvalue weighted by molar-refractivity contribution is 6.10. The van der Waals surface area contributed by atoms with Crippen molar-refractivity contribution in [2.45, 2.75) is 70.2 Å². The van der Waals surface area contributed by atoms with Crippen molar-refractivity contribution in [2.24, 2.45) is 5.73 Å². The highest BCUT2D eigenvalue weighted by Gasteiger charge is 2.44. The number of benzene rings is 5. The summed E-state index contributed by atoms with van der Waals surface area (Å²) >= 11 is 0. The van der Waals surface area contributed by atoms with Gasteiger partial charge in [0.05, 0.1) is 12.8 Å². The van der Waals surface area contributed by atoms with E-state index in [0.29, 0.717) is 5.75 Å². The molecule has 298 valence electrons. The molecule has 9 nitrogen and oxygen atoms in total. The van der Waals surface area contributed by atoms with E-state index in [2.05, 4.69) is 86.0 Å². The van der Waals surface area contributed by atoms with Crippen molar-refractivity contribution in [3.63, 3.8) is 0 Å². The van der Waals surface area contributed by atoms with Crippen LogP contribution in [0.2, 0.25) is 0 Å². The van der Waals surface area contributed by atoms with Gasteiger partial charge in [0.1, 0.15) is 30.0 Å². The Morgan fingerprint density at radius 3 is 2.28 bits per heavy atom. The Hall–Kier alpha value is -6.22. The van der Waals surface area contributed by atoms with Gasteiger partial charge >= 0.3 is 12.1 Å². The molecule has 3 unspecified atom stereocenters. The number of rotatable bonds is 11. The third-order valence-corrected chi connectivity index (χ3v) is 11.9. The minimum absolute atomic E-state index is 0.100. The Kier molecular flexibility index (Phi) is 10.2. The van der Waals surface area contributed by atoms with Crippen LogP contribution in [0.4, 0.5) is 10.5 Å². The van der Waals surface area contributed by atoms with Gasteiger partial charge in [-0.1, -0.05) is 93.2 Å². The summed E-state index contributed by atoms with van der Waals surface area (Å²) in [4.78, 5) is 26.4. The molecule has 58 heavy (non-hydrogen) atoms. The third kappa shape index (κ3) is 6.72. The number of amides is 1. The zero-order valence-corrected chi connectivity index (χ0v) is 33.8. The van der Waals surface area contributed by atoms with Crippen LogP contribution in [0.3, 0.4) is 0 Å². The van der Waals surface area contributed by atoms with Gasteiger partial charge in [0.2, 0.25) is 0 Å². The normalized spacial score (nSPS) is 18.5. The van der Waals surface area contributed by atoms with E-state index >= 15 is 0 Å². The van der Waals surface area contributed by atoms with Crippen LogP contribution in [0.25, 0.3) is 28.0 Å². The molecule has 0 bridgehead atoms. The average molecular weight is 779 g/mol. The lowest BCUT2D eigenvalue weighted by Crippen LogP contribution is -2.39. The summed E-state index contributed by atoms with van der Waals surface area (Å²) in [6.07, 6.45) is 5.18. The number of hydrogen-bond donors (Lipinski definition) is 1. The lowest BCUT2D eigenvalue weighted by Gasteiger charge is -2.39. The Morgan fingerprint density at radius 2 is 1.59 bits per heavy atom.